The number of fused-ring (bicyclic) bond motifs is 1. The molecule has 0 unspecified atom stereocenters. The van der Waals surface area contributed by atoms with E-state index in [-0.39, 0.29) is 5.54 Å². The van der Waals surface area contributed by atoms with Crippen molar-refractivity contribution in [1.29, 1.82) is 0 Å². The number of aromatic nitrogens is 1. The van der Waals surface area contributed by atoms with E-state index in [9.17, 15) is 0 Å². The number of para-hydroxylation sites is 1. The molecule has 0 radical (unpaired) electrons. The van der Waals surface area contributed by atoms with Gasteiger partial charge in [-0.2, -0.15) is 0 Å². The summed E-state index contributed by atoms with van der Waals surface area (Å²) in [5, 5.41) is 1.32. The lowest BCUT2D eigenvalue weighted by atomic mass is 9.83. The number of nitrogens with zero attached hydrogens (tertiary/aromatic N) is 1. The summed E-state index contributed by atoms with van der Waals surface area (Å²) in [4.78, 5) is 5.70. The van der Waals surface area contributed by atoms with Crippen molar-refractivity contribution in [2.45, 2.75) is 24.8 Å². The molecular formula is C15H21N3. The molecule has 1 fully saturated rings. The van der Waals surface area contributed by atoms with E-state index in [1.807, 2.05) is 0 Å². The van der Waals surface area contributed by atoms with Gasteiger partial charge in [-0.3, -0.25) is 0 Å². The Kier molecular flexibility index (Phi) is 2.88. The second-order valence-corrected chi connectivity index (χ2v) is 5.70. The number of H-pyrrole nitrogens is 1. The average Bonchev–Trinajstić information content (AvgIpc) is 2.77. The third-order valence-electron chi connectivity index (χ3n) is 4.20. The molecule has 3 rings (SSSR count). The minimum Gasteiger partial charge on any atom is -0.361 e. The van der Waals surface area contributed by atoms with Crippen LogP contribution >= 0.6 is 0 Å². The van der Waals surface area contributed by atoms with E-state index in [1.165, 1.54) is 16.5 Å². The van der Waals surface area contributed by atoms with Gasteiger partial charge in [-0.15, -0.1) is 0 Å². The van der Waals surface area contributed by atoms with Crippen LogP contribution in [0.3, 0.4) is 0 Å². The maximum absolute atomic E-state index is 6.56. The molecule has 3 nitrogen and oxygen atoms in total. The van der Waals surface area contributed by atoms with Crippen LogP contribution < -0.4 is 5.73 Å². The highest BCUT2D eigenvalue weighted by Gasteiger charge is 2.30. The number of aromatic amines is 1. The highest BCUT2D eigenvalue weighted by Crippen LogP contribution is 2.27. The fourth-order valence-corrected chi connectivity index (χ4v) is 2.90. The molecule has 1 aliphatic rings. The van der Waals surface area contributed by atoms with Gasteiger partial charge in [0.25, 0.3) is 0 Å². The summed E-state index contributed by atoms with van der Waals surface area (Å²) >= 11 is 0. The van der Waals surface area contributed by atoms with Crippen molar-refractivity contribution in [2.75, 3.05) is 20.1 Å². The summed E-state index contributed by atoms with van der Waals surface area (Å²) < 4.78 is 0. The fourth-order valence-electron chi connectivity index (χ4n) is 2.90. The van der Waals surface area contributed by atoms with Gasteiger partial charge in [0.1, 0.15) is 0 Å². The van der Waals surface area contributed by atoms with Crippen LogP contribution in [-0.4, -0.2) is 35.6 Å². The number of nitrogens with two attached hydrogens (primary N) is 1. The fraction of sp³-hybridized carbons (Fsp3) is 0.467. The highest BCUT2D eigenvalue weighted by molar-refractivity contribution is 5.83. The van der Waals surface area contributed by atoms with Crippen LogP contribution in [0, 0.1) is 0 Å². The molecular weight excluding hydrogens is 222 g/mol. The molecule has 0 bridgehead atoms. The van der Waals surface area contributed by atoms with Gasteiger partial charge >= 0.3 is 0 Å². The summed E-state index contributed by atoms with van der Waals surface area (Å²) in [5.74, 6) is 0. The van der Waals surface area contributed by atoms with Crippen LogP contribution in [0.1, 0.15) is 18.4 Å². The molecule has 1 saturated heterocycles. The van der Waals surface area contributed by atoms with E-state index in [1.54, 1.807) is 0 Å². The maximum atomic E-state index is 6.56. The van der Waals surface area contributed by atoms with Gasteiger partial charge in [0.2, 0.25) is 0 Å². The third kappa shape index (κ3) is 2.16. The molecule has 0 aliphatic carbocycles. The van der Waals surface area contributed by atoms with E-state index in [2.05, 4.69) is 47.4 Å². The predicted octanol–water partition coefficient (Wildman–Crippen LogP) is 2.13. The van der Waals surface area contributed by atoms with E-state index in [4.69, 9.17) is 5.73 Å². The minimum absolute atomic E-state index is 0.0303. The molecule has 1 aliphatic heterocycles. The highest BCUT2D eigenvalue weighted by atomic mass is 15.1. The van der Waals surface area contributed by atoms with Gasteiger partial charge in [-0.25, -0.2) is 0 Å². The van der Waals surface area contributed by atoms with Crippen molar-refractivity contribution in [3.05, 3.63) is 36.0 Å². The van der Waals surface area contributed by atoms with Gasteiger partial charge in [0.15, 0.2) is 0 Å². The van der Waals surface area contributed by atoms with Crippen LogP contribution in [0.15, 0.2) is 30.5 Å². The van der Waals surface area contributed by atoms with Crippen LogP contribution in [0.4, 0.5) is 0 Å². The Balaban J connectivity index is 1.84. The Labute approximate surface area is 108 Å². The first-order valence-electron chi connectivity index (χ1n) is 6.69. The zero-order valence-corrected chi connectivity index (χ0v) is 10.9. The first-order valence-corrected chi connectivity index (χ1v) is 6.69. The molecule has 3 heteroatoms. The number of piperidine rings is 1. The van der Waals surface area contributed by atoms with Crippen LogP contribution in [-0.2, 0) is 6.42 Å². The Morgan fingerprint density at radius 1 is 1.28 bits per heavy atom. The van der Waals surface area contributed by atoms with Crippen molar-refractivity contribution >= 4 is 10.9 Å². The van der Waals surface area contributed by atoms with E-state index in [0.717, 1.165) is 32.4 Å². The van der Waals surface area contributed by atoms with Crippen LogP contribution in [0.25, 0.3) is 10.9 Å². The number of rotatable bonds is 2. The van der Waals surface area contributed by atoms with Gasteiger partial charge in [-0.1, -0.05) is 18.2 Å². The summed E-state index contributed by atoms with van der Waals surface area (Å²) in [6.07, 6.45) is 5.27. The van der Waals surface area contributed by atoms with Crippen molar-refractivity contribution in [3.63, 3.8) is 0 Å². The Morgan fingerprint density at radius 2 is 2.00 bits per heavy atom. The second-order valence-electron chi connectivity index (χ2n) is 5.70. The van der Waals surface area contributed by atoms with E-state index >= 15 is 0 Å². The molecule has 2 heterocycles. The largest absolute Gasteiger partial charge is 0.361 e. The average molecular weight is 243 g/mol. The third-order valence-corrected chi connectivity index (χ3v) is 4.20. The quantitative estimate of drug-likeness (QED) is 0.848. The van der Waals surface area contributed by atoms with Gasteiger partial charge < -0.3 is 15.6 Å². The maximum Gasteiger partial charge on any atom is 0.0456 e. The number of likely N-dealkylation sites (tertiary alicyclic amines) is 1. The molecule has 0 saturated carbocycles. The SMILES string of the molecule is CN1CCC(N)(Cc2c[nH]c3ccccc23)CC1. The number of nitrogens with one attached hydrogen (secondary N) is 1. The van der Waals surface area contributed by atoms with Crippen LogP contribution in [0.2, 0.25) is 0 Å². The summed E-state index contributed by atoms with van der Waals surface area (Å²) in [7, 11) is 2.17. The van der Waals surface area contributed by atoms with Gasteiger partial charge in [-0.05, 0) is 51.0 Å². The molecule has 2 aromatic rings. The Morgan fingerprint density at radius 3 is 2.78 bits per heavy atom. The second kappa shape index (κ2) is 4.41. The minimum atomic E-state index is -0.0303. The van der Waals surface area contributed by atoms with Crippen LogP contribution in [0.5, 0.6) is 0 Å². The Bertz CT molecular complexity index is 535. The predicted molar refractivity (Wildman–Crippen MR) is 75.7 cm³/mol. The normalized spacial score (nSPS) is 20.3. The number of hydrogen-bond acceptors (Lipinski definition) is 2. The molecule has 1 aromatic heterocycles. The summed E-state index contributed by atoms with van der Waals surface area (Å²) in [5.41, 5.74) is 9.10. The van der Waals surface area contributed by atoms with Gasteiger partial charge in [0.05, 0.1) is 0 Å². The lowest BCUT2D eigenvalue weighted by Gasteiger charge is -2.37. The van der Waals surface area contributed by atoms with Crippen molar-refractivity contribution in [2.24, 2.45) is 5.73 Å². The van der Waals surface area contributed by atoms with Crippen molar-refractivity contribution < 1.29 is 0 Å². The lowest BCUT2D eigenvalue weighted by Crippen LogP contribution is -2.50. The standard InChI is InChI=1S/C15H21N3/c1-18-8-6-15(16,7-9-18)10-12-11-17-14-5-3-2-4-13(12)14/h2-5,11,17H,6-10,16H2,1H3. The number of benzene rings is 1. The van der Waals surface area contributed by atoms with E-state index in [0.29, 0.717) is 0 Å². The molecule has 1 aromatic carbocycles. The lowest BCUT2D eigenvalue weighted by molar-refractivity contribution is 0.190. The van der Waals surface area contributed by atoms with Gasteiger partial charge in [0, 0.05) is 22.6 Å². The summed E-state index contributed by atoms with van der Waals surface area (Å²) in [6.45, 7) is 2.22. The summed E-state index contributed by atoms with van der Waals surface area (Å²) in [6, 6.07) is 8.46. The molecule has 3 N–H and O–H groups in total. The molecule has 96 valence electrons. The first kappa shape index (κ1) is 11.8. The Hall–Kier alpha value is -1.32. The first-order chi connectivity index (χ1) is 8.66. The smallest absolute Gasteiger partial charge is 0.0456 e. The molecule has 18 heavy (non-hydrogen) atoms. The topological polar surface area (TPSA) is 45.0 Å². The van der Waals surface area contributed by atoms with Crippen molar-refractivity contribution in [3.8, 4) is 0 Å². The van der Waals surface area contributed by atoms with E-state index < -0.39 is 0 Å². The zero-order chi connectivity index (χ0) is 12.6. The van der Waals surface area contributed by atoms with Crippen molar-refractivity contribution in [1.82, 2.24) is 9.88 Å². The molecule has 0 spiro atoms. The zero-order valence-electron chi connectivity index (χ0n) is 10.9. The molecule has 0 atom stereocenters. The number of hydrogen-bond donors (Lipinski definition) is 2. The molecule has 0 amide bonds. The monoisotopic (exact) mass is 243 g/mol.